The van der Waals surface area contributed by atoms with Crippen LogP contribution in [0.5, 0.6) is 0 Å². The van der Waals surface area contributed by atoms with Gasteiger partial charge in [0, 0.05) is 19.0 Å². The summed E-state index contributed by atoms with van der Waals surface area (Å²) >= 11 is 0. The van der Waals surface area contributed by atoms with Crippen LogP contribution in [0.25, 0.3) is 0 Å². The number of aromatic nitrogens is 3. The van der Waals surface area contributed by atoms with Gasteiger partial charge >= 0.3 is 0 Å². The van der Waals surface area contributed by atoms with Crippen LogP contribution in [-0.4, -0.2) is 52.0 Å². The lowest BCUT2D eigenvalue weighted by atomic mass is 9.90. The number of carbonyl (C=O) groups excluding carboxylic acids is 1. The van der Waals surface area contributed by atoms with Crippen molar-refractivity contribution in [2.75, 3.05) is 26.2 Å². The maximum Gasteiger partial charge on any atom is 0.273 e. The minimum absolute atomic E-state index is 0.000936. The molecule has 27 heavy (non-hydrogen) atoms. The van der Waals surface area contributed by atoms with Gasteiger partial charge < -0.3 is 10.2 Å². The van der Waals surface area contributed by atoms with Gasteiger partial charge in [0.05, 0.1) is 12.2 Å². The molecule has 1 aromatic heterocycles. The molecule has 1 unspecified atom stereocenters. The fourth-order valence-electron chi connectivity index (χ4n) is 4.08. The fourth-order valence-corrected chi connectivity index (χ4v) is 4.08. The molecule has 8 heteroatoms. The topological polar surface area (TPSA) is 63.1 Å². The standard InChI is InChI=1S/C19H23F2N5O/c20-16-4-3-13(10-17(16)21)14-2-1-9-25(12-14)19(27)18-11-23-24-26(18)15-5-7-22-8-6-15/h3-4,10-11,14-15,22H,1-2,5-9,12H2. The highest BCUT2D eigenvalue weighted by Crippen LogP contribution is 2.29. The zero-order chi connectivity index (χ0) is 18.8. The Morgan fingerprint density at radius 3 is 2.74 bits per heavy atom. The van der Waals surface area contributed by atoms with E-state index in [-0.39, 0.29) is 17.9 Å². The first-order chi connectivity index (χ1) is 13.1. The van der Waals surface area contributed by atoms with Crippen molar-refractivity contribution in [3.63, 3.8) is 0 Å². The highest BCUT2D eigenvalue weighted by Gasteiger charge is 2.30. The predicted octanol–water partition coefficient (Wildman–Crippen LogP) is 2.50. The van der Waals surface area contributed by atoms with Crippen LogP contribution in [0.1, 0.15) is 53.7 Å². The molecule has 4 rings (SSSR count). The zero-order valence-electron chi connectivity index (χ0n) is 15.1. The Morgan fingerprint density at radius 2 is 1.96 bits per heavy atom. The summed E-state index contributed by atoms with van der Waals surface area (Å²) in [6.07, 6.45) is 5.04. The number of hydrogen-bond acceptors (Lipinski definition) is 4. The number of nitrogens with zero attached hydrogens (tertiary/aromatic N) is 4. The third kappa shape index (κ3) is 3.71. The summed E-state index contributed by atoms with van der Waals surface area (Å²) in [7, 11) is 0. The van der Waals surface area contributed by atoms with Gasteiger partial charge in [-0.1, -0.05) is 11.3 Å². The van der Waals surface area contributed by atoms with Gasteiger partial charge in [-0.2, -0.15) is 0 Å². The van der Waals surface area contributed by atoms with Crippen molar-refractivity contribution in [3.05, 3.63) is 47.3 Å². The van der Waals surface area contributed by atoms with E-state index in [2.05, 4.69) is 15.6 Å². The summed E-state index contributed by atoms with van der Waals surface area (Å²) in [5.74, 6) is -1.78. The number of nitrogens with one attached hydrogen (secondary N) is 1. The van der Waals surface area contributed by atoms with E-state index in [1.165, 1.54) is 12.3 Å². The smallest absolute Gasteiger partial charge is 0.273 e. The quantitative estimate of drug-likeness (QED) is 0.895. The molecule has 2 saturated heterocycles. The van der Waals surface area contributed by atoms with Crippen molar-refractivity contribution >= 4 is 5.91 Å². The Kier molecular flexibility index (Phi) is 5.15. The van der Waals surface area contributed by atoms with Crippen LogP contribution in [0.3, 0.4) is 0 Å². The number of likely N-dealkylation sites (tertiary alicyclic amines) is 1. The van der Waals surface area contributed by atoms with Crippen LogP contribution in [0.4, 0.5) is 8.78 Å². The van der Waals surface area contributed by atoms with Gasteiger partial charge in [0.25, 0.3) is 5.91 Å². The third-order valence-electron chi connectivity index (χ3n) is 5.57. The Bertz CT molecular complexity index is 818. The van der Waals surface area contributed by atoms with Gasteiger partial charge in [-0.05, 0) is 56.5 Å². The van der Waals surface area contributed by atoms with E-state index in [9.17, 15) is 13.6 Å². The second-order valence-electron chi connectivity index (χ2n) is 7.31. The summed E-state index contributed by atoms with van der Waals surface area (Å²) < 4.78 is 28.6. The average molecular weight is 375 g/mol. The summed E-state index contributed by atoms with van der Waals surface area (Å²) in [5, 5.41) is 11.4. The van der Waals surface area contributed by atoms with E-state index >= 15 is 0 Å². The second-order valence-corrected chi connectivity index (χ2v) is 7.31. The third-order valence-corrected chi connectivity index (χ3v) is 5.57. The number of halogens is 2. The summed E-state index contributed by atoms with van der Waals surface area (Å²) in [4.78, 5) is 14.9. The number of benzene rings is 1. The largest absolute Gasteiger partial charge is 0.337 e. The van der Waals surface area contributed by atoms with Crippen LogP contribution in [0, 0.1) is 11.6 Å². The molecule has 2 aliphatic heterocycles. The highest BCUT2D eigenvalue weighted by molar-refractivity contribution is 5.92. The van der Waals surface area contributed by atoms with E-state index in [4.69, 9.17) is 0 Å². The number of amides is 1. The molecule has 1 amide bonds. The summed E-state index contributed by atoms with van der Waals surface area (Å²) in [5.41, 5.74) is 1.24. The van der Waals surface area contributed by atoms with Gasteiger partial charge in [0.15, 0.2) is 11.6 Å². The molecule has 2 fully saturated rings. The van der Waals surface area contributed by atoms with Crippen LogP contribution < -0.4 is 5.32 Å². The molecule has 1 atom stereocenters. The lowest BCUT2D eigenvalue weighted by Gasteiger charge is -2.33. The van der Waals surface area contributed by atoms with E-state index in [0.29, 0.717) is 18.8 Å². The van der Waals surface area contributed by atoms with E-state index in [0.717, 1.165) is 50.4 Å². The molecule has 0 bridgehead atoms. The van der Waals surface area contributed by atoms with Crippen LogP contribution in [0.2, 0.25) is 0 Å². The molecule has 3 heterocycles. The Balaban J connectivity index is 1.51. The maximum absolute atomic E-state index is 13.6. The molecule has 0 aliphatic carbocycles. The normalized spacial score (nSPS) is 21.4. The molecule has 2 aromatic rings. The van der Waals surface area contributed by atoms with Gasteiger partial charge in [0.2, 0.25) is 0 Å². The average Bonchev–Trinajstić information content (AvgIpc) is 3.20. The first-order valence-corrected chi connectivity index (χ1v) is 9.48. The van der Waals surface area contributed by atoms with Crippen molar-refractivity contribution in [2.45, 2.75) is 37.6 Å². The Morgan fingerprint density at radius 1 is 1.15 bits per heavy atom. The molecular weight excluding hydrogens is 352 g/mol. The zero-order valence-corrected chi connectivity index (χ0v) is 15.1. The van der Waals surface area contributed by atoms with Gasteiger partial charge in [-0.15, -0.1) is 5.10 Å². The van der Waals surface area contributed by atoms with Crippen molar-refractivity contribution < 1.29 is 13.6 Å². The van der Waals surface area contributed by atoms with Crippen molar-refractivity contribution in [2.24, 2.45) is 0 Å². The van der Waals surface area contributed by atoms with Crippen LogP contribution >= 0.6 is 0 Å². The Hall–Kier alpha value is -2.35. The van der Waals surface area contributed by atoms with Gasteiger partial charge in [0.1, 0.15) is 5.69 Å². The monoisotopic (exact) mass is 375 g/mol. The summed E-state index contributed by atoms with van der Waals surface area (Å²) in [6.45, 7) is 2.94. The Labute approximate surface area is 156 Å². The lowest BCUT2D eigenvalue weighted by molar-refractivity contribution is 0.0689. The predicted molar refractivity (Wildman–Crippen MR) is 95.4 cm³/mol. The van der Waals surface area contributed by atoms with Gasteiger partial charge in [-0.3, -0.25) is 4.79 Å². The SMILES string of the molecule is O=C(c1cnnn1C1CCNCC1)N1CCCC(c2ccc(F)c(F)c2)C1. The molecular formula is C19H23F2N5O. The number of rotatable bonds is 3. The molecule has 1 aromatic carbocycles. The van der Waals surface area contributed by atoms with Crippen molar-refractivity contribution in [1.29, 1.82) is 0 Å². The lowest BCUT2D eigenvalue weighted by Crippen LogP contribution is -2.41. The van der Waals surface area contributed by atoms with Crippen LogP contribution in [-0.2, 0) is 0 Å². The summed E-state index contributed by atoms with van der Waals surface area (Å²) in [6, 6.07) is 4.19. The first kappa shape index (κ1) is 18.0. The molecule has 0 saturated carbocycles. The minimum atomic E-state index is -0.848. The van der Waals surface area contributed by atoms with E-state index in [1.807, 2.05) is 0 Å². The number of hydrogen-bond donors (Lipinski definition) is 1. The second kappa shape index (κ2) is 7.72. The molecule has 6 nitrogen and oxygen atoms in total. The highest BCUT2D eigenvalue weighted by atomic mass is 19.2. The maximum atomic E-state index is 13.6. The fraction of sp³-hybridized carbons (Fsp3) is 0.526. The number of carbonyl (C=O) groups is 1. The van der Waals surface area contributed by atoms with Crippen molar-refractivity contribution in [1.82, 2.24) is 25.2 Å². The van der Waals surface area contributed by atoms with Crippen molar-refractivity contribution in [3.8, 4) is 0 Å². The molecule has 144 valence electrons. The van der Waals surface area contributed by atoms with E-state index in [1.54, 1.807) is 15.6 Å². The van der Waals surface area contributed by atoms with E-state index < -0.39 is 11.6 Å². The molecule has 1 N–H and O–H groups in total. The molecule has 0 radical (unpaired) electrons. The minimum Gasteiger partial charge on any atom is -0.337 e. The van der Waals surface area contributed by atoms with Crippen LogP contribution in [0.15, 0.2) is 24.4 Å². The van der Waals surface area contributed by atoms with Gasteiger partial charge in [-0.25, -0.2) is 13.5 Å². The molecule has 0 spiro atoms. The number of piperidine rings is 2. The first-order valence-electron chi connectivity index (χ1n) is 9.48. The molecule has 2 aliphatic rings.